The van der Waals surface area contributed by atoms with Gasteiger partial charge in [0.1, 0.15) is 17.3 Å². The van der Waals surface area contributed by atoms with E-state index in [2.05, 4.69) is 20.8 Å². The minimum Gasteiger partial charge on any atom is -0.465 e. The van der Waals surface area contributed by atoms with Crippen LogP contribution in [0.3, 0.4) is 0 Å². The molecule has 7 nitrogen and oxygen atoms in total. The molecule has 1 N–H and O–H groups in total. The number of nitrogens with zero attached hydrogens (tertiary/aromatic N) is 4. The molecule has 0 radical (unpaired) electrons. The van der Waals surface area contributed by atoms with Crippen LogP contribution in [0.25, 0.3) is 23.2 Å². The zero-order valence-electron chi connectivity index (χ0n) is 15.4. The number of benzene rings is 2. The fraction of sp³-hybridized carbons (Fsp3) is 0.0476. The molecule has 144 valence electrons. The van der Waals surface area contributed by atoms with Gasteiger partial charge in [0, 0.05) is 17.3 Å². The number of nitrogens with one attached hydrogen (secondary N) is 1. The van der Waals surface area contributed by atoms with Gasteiger partial charge in [0.05, 0.1) is 6.26 Å². The number of furan rings is 1. The Morgan fingerprint density at radius 2 is 1.97 bits per heavy atom. The zero-order valence-corrected chi connectivity index (χ0v) is 15.4. The molecule has 2 heterocycles. The van der Waals surface area contributed by atoms with Crippen LogP contribution in [-0.2, 0) is 4.79 Å². The number of carbonyl (C=O) groups excluding carboxylic acids is 1. The van der Waals surface area contributed by atoms with Gasteiger partial charge < -0.3 is 9.73 Å². The van der Waals surface area contributed by atoms with Crippen LogP contribution in [0.1, 0.15) is 11.3 Å². The van der Waals surface area contributed by atoms with Gasteiger partial charge in [0.15, 0.2) is 5.82 Å². The molecule has 0 bridgehead atoms. The number of halogens is 1. The Balaban J connectivity index is 1.77. The molecule has 2 aromatic carbocycles. The Hall–Kier alpha value is -4.07. The van der Waals surface area contributed by atoms with Crippen molar-refractivity contribution in [3.63, 3.8) is 0 Å². The van der Waals surface area contributed by atoms with Crippen LogP contribution in [0.4, 0.5) is 10.1 Å². The molecule has 0 atom stereocenters. The van der Waals surface area contributed by atoms with Gasteiger partial charge in [-0.3, -0.25) is 4.79 Å². The Bertz CT molecular complexity index is 1170. The maximum absolute atomic E-state index is 13.6. The number of anilines is 1. The fourth-order valence-electron chi connectivity index (χ4n) is 2.76. The molecule has 0 fully saturated rings. The smallest absolute Gasteiger partial charge is 0.274 e. The lowest BCUT2D eigenvalue weighted by molar-refractivity contribution is -0.111. The fourth-order valence-corrected chi connectivity index (χ4v) is 2.76. The molecule has 0 aliphatic rings. The van der Waals surface area contributed by atoms with Crippen molar-refractivity contribution in [2.45, 2.75) is 6.92 Å². The van der Waals surface area contributed by atoms with Crippen molar-refractivity contribution in [2.75, 3.05) is 5.32 Å². The van der Waals surface area contributed by atoms with E-state index in [4.69, 9.17) is 4.42 Å². The SMILES string of the molecule is Cc1ccc(F)cc1NC(=O)C(=Cc1ccco1)n1nnnc1-c1ccccc1. The summed E-state index contributed by atoms with van der Waals surface area (Å²) in [7, 11) is 0. The van der Waals surface area contributed by atoms with E-state index in [0.29, 0.717) is 17.3 Å². The maximum atomic E-state index is 13.6. The molecule has 0 aliphatic heterocycles. The summed E-state index contributed by atoms with van der Waals surface area (Å²) in [5.41, 5.74) is 1.93. The summed E-state index contributed by atoms with van der Waals surface area (Å²) < 4.78 is 20.3. The average molecular weight is 389 g/mol. The van der Waals surface area contributed by atoms with Gasteiger partial charge in [-0.15, -0.1) is 5.10 Å². The molecular formula is C21H16FN5O2. The quantitative estimate of drug-likeness (QED) is 0.521. The lowest BCUT2D eigenvalue weighted by Crippen LogP contribution is -2.20. The van der Waals surface area contributed by atoms with Crippen LogP contribution >= 0.6 is 0 Å². The summed E-state index contributed by atoms with van der Waals surface area (Å²) in [5, 5.41) is 14.5. The highest BCUT2D eigenvalue weighted by molar-refractivity contribution is 6.24. The first-order chi connectivity index (χ1) is 14.1. The van der Waals surface area contributed by atoms with Gasteiger partial charge in [0.2, 0.25) is 0 Å². The second-order valence-electron chi connectivity index (χ2n) is 6.24. The van der Waals surface area contributed by atoms with E-state index in [-0.39, 0.29) is 5.70 Å². The molecule has 2 aromatic heterocycles. The van der Waals surface area contributed by atoms with Crippen molar-refractivity contribution in [1.82, 2.24) is 20.2 Å². The normalized spacial score (nSPS) is 11.4. The van der Waals surface area contributed by atoms with E-state index in [1.54, 1.807) is 25.1 Å². The number of hydrogen-bond donors (Lipinski definition) is 1. The molecule has 4 aromatic rings. The molecule has 0 saturated heterocycles. The van der Waals surface area contributed by atoms with E-state index in [9.17, 15) is 9.18 Å². The second-order valence-corrected chi connectivity index (χ2v) is 6.24. The Labute approximate surface area is 165 Å². The number of hydrogen-bond acceptors (Lipinski definition) is 5. The lowest BCUT2D eigenvalue weighted by atomic mass is 10.2. The van der Waals surface area contributed by atoms with E-state index >= 15 is 0 Å². The molecule has 4 rings (SSSR count). The van der Waals surface area contributed by atoms with Gasteiger partial charge in [-0.1, -0.05) is 36.4 Å². The van der Waals surface area contributed by atoms with Crippen LogP contribution in [0.5, 0.6) is 0 Å². The summed E-state index contributed by atoms with van der Waals surface area (Å²) in [6.07, 6.45) is 3.02. The topological polar surface area (TPSA) is 85.8 Å². The first-order valence-corrected chi connectivity index (χ1v) is 8.79. The lowest BCUT2D eigenvalue weighted by Gasteiger charge is -2.12. The van der Waals surface area contributed by atoms with Gasteiger partial charge in [0.25, 0.3) is 5.91 Å². The molecule has 0 saturated carbocycles. The molecule has 8 heteroatoms. The Morgan fingerprint density at radius 1 is 1.14 bits per heavy atom. The van der Waals surface area contributed by atoms with Crippen LogP contribution < -0.4 is 5.32 Å². The third kappa shape index (κ3) is 3.96. The predicted octanol–water partition coefficient (Wildman–Crippen LogP) is 4.02. The third-order valence-corrected chi connectivity index (χ3v) is 4.23. The second kappa shape index (κ2) is 7.89. The largest absolute Gasteiger partial charge is 0.465 e. The average Bonchev–Trinajstić information content (AvgIpc) is 3.41. The highest BCUT2D eigenvalue weighted by atomic mass is 19.1. The minimum absolute atomic E-state index is 0.118. The first-order valence-electron chi connectivity index (χ1n) is 8.79. The highest BCUT2D eigenvalue weighted by Crippen LogP contribution is 2.23. The van der Waals surface area contributed by atoms with Crippen molar-refractivity contribution in [3.05, 3.63) is 84.1 Å². The van der Waals surface area contributed by atoms with E-state index in [1.807, 2.05) is 30.3 Å². The third-order valence-electron chi connectivity index (χ3n) is 4.23. The summed E-state index contributed by atoms with van der Waals surface area (Å²) in [6.45, 7) is 1.78. The van der Waals surface area contributed by atoms with Crippen LogP contribution in [0, 0.1) is 12.7 Å². The molecule has 29 heavy (non-hydrogen) atoms. The molecule has 0 spiro atoms. The number of tetrazole rings is 1. The summed E-state index contributed by atoms with van der Waals surface area (Å²) in [6, 6.07) is 16.8. The number of carbonyl (C=O) groups is 1. The number of rotatable bonds is 5. The first kappa shape index (κ1) is 18.3. The van der Waals surface area contributed by atoms with Gasteiger partial charge >= 0.3 is 0 Å². The van der Waals surface area contributed by atoms with Crippen LogP contribution in [-0.4, -0.2) is 26.1 Å². The van der Waals surface area contributed by atoms with Crippen molar-refractivity contribution < 1.29 is 13.6 Å². The van der Waals surface area contributed by atoms with E-state index < -0.39 is 11.7 Å². The molecule has 0 unspecified atom stereocenters. The summed E-state index contributed by atoms with van der Waals surface area (Å²) in [5.74, 6) is -0.135. The van der Waals surface area contributed by atoms with Crippen LogP contribution in [0.15, 0.2) is 71.3 Å². The van der Waals surface area contributed by atoms with E-state index in [0.717, 1.165) is 11.1 Å². The summed E-state index contributed by atoms with van der Waals surface area (Å²) >= 11 is 0. The molecule has 0 aliphatic carbocycles. The summed E-state index contributed by atoms with van der Waals surface area (Å²) in [4.78, 5) is 13.1. The number of aryl methyl sites for hydroxylation is 1. The number of amides is 1. The van der Waals surface area contributed by atoms with Crippen molar-refractivity contribution in [2.24, 2.45) is 0 Å². The Kier molecular flexibility index (Phi) is 4.98. The zero-order chi connectivity index (χ0) is 20.2. The van der Waals surface area contributed by atoms with Gasteiger partial charge in [-0.05, 0) is 47.2 Å². The van der Waals surface area contributed by atoms with Crippen LogP contribution in [0.2, 0.25) is 0 Å². The predicted molar refractivity (Wildman–Crippen MR) is 106 cm³/mol. The monoisotopic (exact) mass is 389 g/mol. The van der Waals surface area contributed by atoms with Crippen molar-refractivity contribution >= 4 is 23.4 Å². The molecular weight excluding hydrogens is 373 g/mol. The van der Waals surface area contributed by atoms with Crippen molar-refractivity contribution in [1.29, 1.82) is 0 Å². The highest BCUT2D eigenvalue weighted by Gasteiger charge is 2.20. The molecule has 1 amide bonds. The van der Waals surface area contributed by atoms with E-state index in [1.165, 1.54) is 29.2 Å². The van der Waals surface area contributed by atoms with Gasteiger partial charge in [-0.25, -0.2) is 4.39 Å². The maximum Gasteiger partial charge on any atom is 0.274 e. The van der Waals surface area contributed by atoms with Gasteiger partial charge in [-0.2, -0.15) is 4.68 Å². The minimum atomic E-state index is -0.514. The standard InChI is InChI=1S/C21H16FN5O2/c1-14-9-10-16(22)12-18(14)23-21(28)19(13-17-8-5-11-29-17)27-20(24-25-26-27)15-6-3-2-4-7-15/h2-13H,1H3,(H,23,28). The number of aromatic nitrogens is 4. The van der Waals surface area contributed by atoms with Crippen molar-refractivity contribution in [3.8, 4) is 11.4 Å². The Morgan fingerprint density at radius 3 is 2.72 bits per heavy atom.